The second-order valence-electron chi connectivity index (χ2n) is 8.14. The molecule has 2 aliphatic heterocycles. The van der Waals surface area contributed by atoms with Crippen LogP contribution in [0.25, 0.3) is 0 Å². The van der Waals surface area contributed by atoms with E-state index >= 15 is 0 Å². The van der Waals surface area contributed by atoms with E-state index in [9.17, 15) is 14.4 Å². The minimum Gasteiger partial charge on any atom is -0.459 e. The molecule has 2 heterocycles. The van der Waals surface area contributed by atoms with Crippen LogP contribution in [0.5, 0.6) is 0 Å². The molecule has 0 saturated carbocycles. The molecule has 4 rings (SSSR count). The first kappa shape index (κ1) is 23.1. The minimum atomic E-state index is -0.446. The molecule has 2 aliphatic rings. The van der Waals surface area contributed by atoms with E-state index in [1.807, 2.05) is 36.1 Å². The number of rotatable bonds is 6. The summed E-state index contributed by atoms with van der Waals surface area (Å²) >= 11 is 1.30. The zero-order valence-corrected chi connectivity index (χ0v) is 19.7. The summed E-state index contributed by atoms with van der Waals surface area (Å²) in [4.78, 5) is 43.5. The van der Waals surface area contributed by atoms with Gasteiger partial charge in [0, 0.05) is 18.0 Å². The highest BCUT2D eigenvalue weighted by Gasteiger charge is 2.42. The lowest BCUT2D eigenvalue weighted by atomic mass is 10.2. The van der Waals surface area contributed by atoms with Crippen LogP contribution in [0.15, 0.2) is 64.0 Å². The van der Waals surface area contributed by atoms with Crippen LogP contribution >= 0.6 is 11.8 Å². The summed E-state index contributed by atoms with van der Waals surface area (Å²) in [5.74, 6) is -1.18. The molecule has 0 unspecified atom stereocenters. The number of amides is 2. The van der Waals surface area contributed by atoms with E-state index in [0.717, 1.165) is 10.5 Å². The fourth-order valence-corrected chi connectivity index (χ4v) is 4.64. The number of nitrogens with zero attached hydrogens (tertiary/aromatic N) is 2. The van der Waals surface area contributed by atoms with Crippen molar-refractivity contribution in [2.75, 3.05) is 31.2 Å². The largest absolute Gasteiger partial charge is 0.459 e. The second-order valence-corrected chi connectivity index (χ2v) is 9.22. The maximum Gasteiger partial charge on any atom is 0.338 e. The number of esters is 1. The monoisotopic (exact) mass is 466 g/mol. The highest BCUT2D eigenvalue weighted by atomic mass is 32.2. The normalized spacial score (nSPS) is 16.7. The molecule has 2 aromatic carbocycles. The third-order valence-corrected chi connectivity index (χ3v) is 6.37. The van der Waals surface area contributed by atoms with E-state index in [2.05, 4.69) is 0 Å². The molecule has 0 aliphatic carbocycles. The first-order valence-corrected chi connectivity index (χ1v) is 11.7. The summed E-state index contributed by atoms with van der Waals surface area (Å²) in [6.07, 6.45) is -0.236. The Bertz CT molecular complexity index is 1090. The molecule has 0 spiro atoms. The van der Waals surface area contributed by atoms with Crippen molar-refractivity contribution in [3.05, 3.63) is 70.3 Å². The third-order valence-electron chi connectivity index (χ3n) is 5.29. The van der Waals surface area contributed by atoms with Crippen molar-refractivity contribution in [1.29, 1.82) is 0 Å². The summed E-state index contributed by atoms with van der Waals surface area (Å²) in [5.41, 5.74) is 2.30. The Morgan fingerprint density at radius 2 is 1.61 bits per heavy atom. The van der Waals surface area contributed by atoms with Crippen molar-refractivity contribution >= 4 is 35.2 Å². The SMILES string of the molecule is Cc1ccc(SC2=C(N3CCOCC3)C(=O)N(c3ccc(C(=O)OC(C)C)cc3)C2=O)cc1. The molecule has 1 saturated heterocycles. The molecular formula is C25H26N2O5S. The van der Waals surface area contributed by atoms with Gasteiger partial charge >= 0.3 is 5.97 Å². The van der Waals surface area contributed by atoms with E-state index in [1.54, 1.807) is 38.1 Å². The Hall–Kier alpha value is -3.10. The molecule has 8 heteroatoms. The highest BCUT2D eigenvalue weighted by Crippen LogP contribution is 2.39. The zero-order chi connectivity index (χ0) is 23.5. The Kier molecular flexibility index (Phi) is 6.85. The molecule has 0 bridgehead atoms. The first-order chi connectivity index (χ1) is 15.8. The van der Waals surface area contributed by atoms with Gasteiger partial charge in [-0.2, -0.15) is 0 Å². The van der Waals surface area contributed by atoms with Gasteiger partial charge in [0.2, 0.25) is 0 Å². The summed E-state index contributed by atoms with van der Waals surface area (Å²) in [7, 11) is 0. The number of carbonyl (C=O) groups is 3. The molecule has 0 radical (unpaired) electrons. The van der Waals surface area contributed by atoms with Crippen molar-refractivity contribution in [1.82, 2.24) is 4.90 Å². The number of morpholine rings is 1. The van der Waals surface area contributed by atoms with Crippen molar-refractivity contribution in [3.63, 3.8) is 0 Å². The van der Waals surface area contributed by atoms with Crippen molar-refractivity contribution in [3.8, 4) is 0 Å². The lowest BCUT2D eigenvalue weighted by Crippen LogP contribution is -2.40. The maximum atomic E-state index is 13.5. The van der Waals surface area contributed by atoms with Crippen LogP contribution < -0.4 is 4.90 Å². The van der Waals surface area contributed by atoms with Crippen LogP contribution in [-0.4, -0.2) is 55.1 Å². The van der Waals surface area contributed by atoms with Crippen LogP contribution in [0.4, 0.5) is 5.69 Å². The molecule has 33 heavy (non-hydrogen) atoms. The molecule has 0 aromatic heterocycles. The Labute approximate surface area is 197 Å². The summed E-state index contributed by atoms with van der Waals surface area (Å²) in [6, 6.07) is 14.2. The fraction of sp³-hybridized carbons (Fsp3) is 0.320. The van der Waals surface area contributed by atoms with E-state index < -0.39 is 5.97 Å². The van der Waals surface area contributed by atoms with E-state index in [1.165, 1.54) is 16.7 Å². The smallest absolute Gasteiger partial charge is 0.338 e. The lowest BCUT2D eigenvalue weighted by Gasteiger charge is -2.29. The number of ether oxygens (including phenoxy) is 2. The van der Waals surface area contributed by atoms with Crippen LogP contribution in [-0.2, 0) is 19.1 Å². The van der Waals surface area contributed by atoms with Crippen molar-refractivity contribution in [2.24, 2.45) is 0 Å². The van der Waals surface area contributed by atoms with Gasteiger partial charge in [-0.05, 0) is 57.2 Å². The summed E-state index contributed by atoms with van der Waals surface area (Å²) in [5, 5.41) is 0. The van der Waals surface area contributed by atoms with Gasteiger partial charge in [0.15, 0.2) is 0 Å². The predicted octanol–water partition coefficient (Wildman–Crippen LogP) is 3.77. The number of hydrogen-bond acceptors (Lipinski definition) is 7. The average molecular weight is 467 g/mol. The van der Waals surface area contributed by atoms with Gasteiger partial charge in [-0.3, -0.25) is 9.59 Å². The fourth-order valence-electron chi connectivity index (χ4n) is 3.64. The Morgan fingerprint density at radius 3 is 2.21 bits per heavy atom. The summed E-state index contributed by atoms with van der Waals surface area (Å²) < 4.78 is 10.7. The van der Waals surface area contributed by atoms with E-state index in [-0.39, 0.29) is 17.9 Å². The number of carbonyl (C=O) groups excluding carboxylic acids is 3. The van der Waals surface area contributed by atoms with Gasteiger partial charge in [-0.15, -0.1) is 0 Å². The maximum absolute atomic E-state index is 13.5. The molecule has 172 valence electrons. The first-order valence-electron chi connectivity index (χ1n) is 10.9. The Morgan fingerprint density at radius 1 is 0.970 bits per heavy atom. The standard InChI is InChI=1S/C25H26N2O5S/c1-16(2)32-25(30)18-6-8-19(9-7-18)27-23(28)21(26-12-14-31-15-13-26)22(24(27)29)33-20-10-4-17(3)5-11-20/h4-11,16H,12-15H2,1-3H3. The second kappa shape index (κ2) is 9.80. The molecule has 1 fully saturated rings. The van der Waals surface area contributed by atoms with E-state index in [4.69, 9.17) is 9.47 Å². The number of anilines is 1. The van der Waals surface area contributed by atoms with Gasteiger partial charge in [0.05, 0.1) is 30.6 Å². The highest BCUT2D eigenvalue weighted by molar-refractivity contribution is 8.04. The number of imide groups is 1. The Balaban J connectivity index is 1.64. The van der Waals surface area contributed by atoms with Gasteiger partial charge in [-0.1, -0.05) is 29.5 Å². The molecule has 7 nitrogen and oxygen atoms in total. The van der Waals surface area contributed by atoms with Gasteiger partial charge in [0.1, 0.15) is 10.6 Å². The van der Waals surface area contributed by atoms with E-state index in [0.29, 0.717) is 48.2 Å². The van der Waals surface area contributed by atoms with Crippen LogP contribution in [0.1, 0.15) is 29.8 Å². The number of thioether (sulfide) groups is 1. The molecule has 2 amide bonds. The molecule has 2 aromatic rings. The molecule has 0 N–H and O–H groups in total. The molecular weight excluding hydrogens is 440 g/mol. The van der Waals surface area contributed by atoms with Crippen molar-refractivity contribution < 1.29 is 23.9 Å². The minimum absolute atomic E-state index is 0.236. The van der Waals surface area contributed by atoms with Gasteiger partial charge < -0.3 is 14.4 Å². The average Bonchev–Trinajstić information content (AvgIpc) is 3.04. The number of aryl methyl sites for hydroxylation is 1. The quantitative estimate of drug-likeness (QED) is 0.474. The van der Waals surface area contributed by atoms with Crippen LogP contribution in [0.2, 0.25) is 0 Å². The van der Waals surface area contributed by atoms with Crippen LogP contribution in [0, 0.1) is 6.92 Å². The predicted molar refractivity (Wildman–Crippen MR) is 126 cm³/mol. The topological polar surface area (TPSA) is 76.2 Å². The van der Waals surface area contributed by atoms with Crippen LogP contribution in [0.3, 0.4) is 0 Å². The molecule has 0 atom stereocenters. The number of benzene rings is 2. The third kappa shape index (κ3) is 4.96. The zero-order valence-electron chi connectivity index (χ0n) is 18.9. The van der Waals surface area contributed by atoms with Gasteiger partial charge in [-0.25, -0.2) is 9.69 Å². The van der Waals surface area contributed by atoms with Gasteiger partial charge in [0.25, 0.3) is 11.8 Å². The number of hydrogen-bond donors (Lipinski definition) is 0. The summed E-state index contributed by atoms with van der Waals surface area (Å²) in [6.45, 7) is 7.64. The van der Waals surface area contributed by atoms with Crippen molar-refractivity contribution in [2.45, 2.75) is 31.8 Å². The lowest BCUT2D eigenvalue weighted by molar-refractivity contribution is -0.121.